The molecule has 0 aliphatic carbocycles. The summed E-state index contributed by atoms with van der Waals surface area (Å²) in [5.74, 6) is -0.493. The lowest BCUT2D eigenvalue weighted by atomic mass is 10.3. The van der Waals surface area contributed by atoms with Crippen LogP contribution in [0.3, 0.4) is 0 Å². The first-order chi connectivity index (χ1) is 7.58. The van der Waals surface area contributed by atoms with Crippen molar-refractivity contribution in [3.05, 3.63) is 34.4 Å². The molecule has 2 aromatic heterocycles. The van der Waals surface area contributed by atoms with Crippen molar-refractivity contribution in [3.8, 4) is 0 Å². The standard InChI is InChI=1S/C10H10N4O2/c1-6-4-12-10-9(13-6)7(15)2-3-14(10)5-8(11)16/h2-4H,5H2,1H3,(H2,11,16). The number of pyridine rings is 1. The molecular formula is C10H10N4O2. The third-order valence-electron chi connectivity index (χ3n) is 2.11. The van der Waals surface area contributed by atoms with Crippen molar-refractivity contribution in [2.75, 3.05) is 0 Å². The summed E-state index contributed by atoms with van der Waals surface area (Å²) in [5, 5.41) is 0. The highest BCUT2D eigenvalue weighted by Crippen LogP contribution is 2.04. The third-order valence-corrected chi connectivity index (χ3v) is 2.11. The fourth-order valence-corrected chi connectivity index (χ4v) is 1.45. The Morgan fingerprint density at radius 2 is 2.31 bits per heavy atom. The van der Waals surface area contributed by atoms with E-state index in [1.807, 2.05) is 0 Å². The zero-order valence-corrected chi connectivity index (χ0v) is 8.67. The number of carbonyl (C=O) groups is 1. The molecule has 2 N–H and O–H groups in total. The van der Waals surface area contributed by atoms with E-state index < -0.39 is 5.91 Å². The van der Waals surface area contributed by atoms with Crippen LogP contribution < -0.4 is 11.2 Å². The van der Waals surface area contributed by atoms with Crippen LogP contribution in [0.5, 0.6) is 0 Å². The Balaban J connectivity index is 2.74. The summed E-state index contributed by atoms with van der Waals surface area (Å²) >= 11 is 0. The first-order valence-electron chi connectivity index (χ1n) is 4.69. The summed E-state index contributed by atoms with van der Waals surface area (Å²) in [7, 11) is 0. The number of amides is 1. The molecule has 0 bridgehead atoms. The van der Waals surface area contributed by atoms with E-state index in [0.29, 0.717) is 11.3 Å². The zero-order chi connectivity index (χ0) is 11.7. The molecule has 2 rings (SSSR count). The molecule has 0 fully saturated rings. The van der Waals surface area contributed by atoms with Crippen LogP contribution in [0, 0.1) is 6.92 Å². The first kappa shape index (κ1) is 10.3. The summed E-state index contributed by atoms with van der Waals surface area (Å²) in [6.45, 7) is 1.73. The smallest absolute Gasteiger partial charge is 0.237 e. The van der Waals surface area contributed by atoms with Gasteiger partial charge in [0.1, 0.15) is 6.54 Å². The molecule has 0 radical (unpaired) electrons. The van der Waals surface area contributed by atoms with E-state index in [-0.39, 0.29) is 17.5 Å². The molecule has 1 amide bonds. The normalized spacial score (nSPS) is 10.6. The highest BCUT2D eigenvalue weighted by molar-refractivity contribution is 5.76. The SMILES string of the molecule is Cc1cnc2c(n1)c(=O)ccn2CC(N)=O. The molecular weight excluding hydrogens is 208 g/mol. The van der Waals surface area contributed by atoms with E-state index in [1.54, 1.807) is 13.1 Å². The maximum atomic E-state index is 11.5. The number of nitrogens with two attached hydrogens (primary N) is 1. The van der Waals surface area contributed by atoms with Gasteiger partial charge in [-0.05, 0) is 6.92 Å². The number of primary amides is 1. The van der Waals surface area contributed by atoms with E-state index in [0.717, 1.165) is 0 Å². The number of aryl methyl sites for hydroxylation is 1. The van der Waals surface area contributed by atoms with Crippen LogP contribution in [0.15, 0.2) is 23.3 Å². The van der Waals surface area contributed by atoms with Crippen LogP contribution in [0.1, 0.15) is 5.69 Å². The lowest BCUT2D eigenvalue weighted by Gasteiger charge is -2.06. The molecule has 0 saturated carbocycles. The van der Waals surface area contributed by atoms with Crippen LogP contribution in [0.4, 0.5) is 0 Å². The van der Waals surface area contributed by atoms with E-state index in [9.17, 15) is 9.59 Å². The second-order valence-corrected chi connectivity index (χ2v) is 3.46. The number of fused-ring (bicyclic) bond motifs is 1. The number of aromatic nitrogens is 3. The zero-order valence-electron chi connectivity index (χ0n) is 8.67. The number of hydrogen-bond donors (Lipinski definition) is 1. The van der Waals surface area contributed by atoms with Crippen molar-refractivity contribution in [2.24, 2.45) is 5.73 Å². The Morgan fingerprint density at radius 3 is 3.00 bits per heavy atom. The molecule has 6 nitrogen and oxygen atoms in total. The quantitative estimate of drug-likeness (QED) is 0.741. The first-order valence-corrected chi connectivity index (χ1v) is 4.69. The van der Waals surface area contributed by atoms with Gasteiger partial charge >= 0.3 is 0 Å². The lowest BCUT2D eigenvalue weighted by molar-refractivity contribution is -0.118. The summed E-state index contributed by atoms with van der Waals surface area (Å²) < 4.78 is 1.51. The predicted molar refractivity (Wildman–Crippen MR) is 57.7 cm³/mol. The van der Waals surface area contributed by atoms with Crippen molar-refractivity contribution in [1.82, 2.24) is 14.5 Å². The summed E-state index contributed by atoms with van der Waals surface area (Å²) in [5.41, 5.74) is 6.16. The molecule has 0 unspecified atom stereocenters. The van der Waals surface area contributed by atoms with E-state index in [1.165, 1.54) is 16.8 Å². The monoisotopic (exact) mass is 218 g/mol. The maximum absolute atomic E-state index is 11.5. The molecule has 0 spiro atoms. The van der Waals surface area contributed by atoms with Crippen molar-refractivity contribution in [2.45, 2.75) is 13.5 Å². The van der Waals surface area contributed by atoms with E-state index >= 15 is 0 Å². The van der Waals surface area contributed by atoms with Crippen molar-refractivity contribution in [1.29, 1.82) is 0 Å². The molecule has 6 heteroatoms. The summed E-state index contributed by atoms with van der Waals surface area (Å²) in [4.78, 5) is 30.6. The van der Waals surface area contributed by atoms with Crippen molar-refractivity contribution >= 4 is 17.1 Å². The van der Waals surface area contributed by atoms with Gasteiger partial charge in [0.15, 0.2) is 11.2 Å². The fraction of sp³-hybridized carbons (Fsp3) is 0.200. The highest BCUT2D eigenvalue weighted by Gasteiger charge is 2.07. The maximum Gasteiger partial charge on any atom is 0.237 e. The molecule has 2 aromatic rings. The fourth-order valence-electron chi connectivity index (χ4n) is 1.45. The summed E-state index contributed by atoms with van der Waals surface area (Å²) in [6.07, 6.45) is 3.03. The average Bonchev–Trinajstić information content (AvgIpc) is 2.22. The van der Waals surface area contributed by atoms with E-state index in [2.05, 4.69) is 9.97 Å². The lowest BCUT2D eigenvalue weighted by Crippen LogP contribution is -2.21. The van der Waals surface area contributed by atoms with Crippen LogP contribution in [-0.4, -0.2) is 20.4 Å². The topological polar surface area (TPSA) is 90.9 Å². The minimum absolute atomic E-state index is 0.0193. The molecule has 16 heavy (non-hydrogen) atoms. The van der Waals surface area contributed by atoms with Crippen molar-refractivity contribution in [3.63, 3.8) is 0 Å². The van der Waals surface area contributed by atoms with Crippen LogP contribution in [-0.2, 0) is 11.3 Å². The number of carbonyl (C=O) groups excluding carboxylic acids is 1. The molecule has 0 saturated heterocycles. The molecule has 82 valence electrons. The Kier molecular flexibility index (Phi) is 2.40. The number of rotatable bonds is 2. The van der Waals surface area contributed by atoms with Gasteiger partial charge in [0.2, 0.25) is 11.3 Å². The van der Waals surface area contributed by atoms with Crippen LogP contribution >= 0.6 is 0 Å². The summed E-state index contributed by atoms with van der Waals surface area (Å²) in [6, 6.07) is 1.35. The Morgan fingerprint density at radius 1 is 1.56 bits per heavy atom. The average molecular weight is 218 g/mol. The number of nitrogens with zero attached hydrogens (tertiary/aromatic N) is 3. The highest BCUT2D eigenvalue weighted by atomic mass is 16.1. The Labute approximate surface area is 90.7 Å². The molecule has 0 atom stereocenters. The van der Waals surface area contributed by atoms with Gasteiger partial charge in [0.25, 0.3) is 0 Å². The second-order valence-electron chi connectivity index (χ2n) is 3.46. The van der Waals surface area contributed by atoms with Gasteiger partial charge in [-0.15, -0.1) is 0 Å². The largest absolute Gasteiger partial charge is 0.368 e. The Hall–Kier alpha value is -2.24. The van der Waals surface area contributed by atoms with E-state index in [4.69, 9.17) is 5.73 Å². The Bertz CT molecular complexity index is 618. The molecule has 2 heterocycles. The minimum atomic E-state index is -0.493. The van der Waals surface area contributed by atoms with Gasteiger partial charge < -0.3 is 10.3 Å². The molecule has 0 aliphatic rings. The predicted octanol–water partition coefficient (Wildman–Crippen LogP) is -0.415. The third kappa shape index (κ3) is 1.77. The van der Waals surface area contributed by atoms with Gasteiger partial charge in [-0.25, -0.2) is 9.97 Å². The van der Waals surface area contributed by atoms with Crippen LogP contribution in [0.2, 0.25) is 0 Å². The second kappa shape index (κ2) is 3.73. The molecule has 0 aliphatic heterocycles. The van der Waals surface area contributed by atoms with Gasteiger partial charge in [0.05, 0.1) is 11.9 Å². The minimum Gasteiger partial charge on any atom is -0.368 e. The van der Waals surface area contributed by atoms with Gasteiger partial charge in [-0.2, -0.15) is 0 Å². The molecule has 0 aromatic carbocycles. The van der Waals surface area contributed by atoms with Gasteiger partial charge in [-0.1, -0.05) is 0 Å². The van der Waals surface area contributed by atoms with Gasteiger partial charge in [-0.3, -0.25) is 9.59 Å². The van der Waals surface area contributed by atoms with Crippen LogP contribution in [0.25, 0.3) is 11.2 Å². The van der Waals surface area contributed by atoms with Gasteiger partial charge in [0, 0.05) is 12.3 Å². The van der Waals surface area contributed by atoms with Crippen molar-refractivity contribution < 1.29 is 4.79 Å². The number of hydrogen-bond acceptors (Lipinski definition) is 4.